The first-order valence-electron chi connectivity index (χ1n) is 6.85. The molecule has 0 amide bonds. The van der Waals surface area contributed by atoms with Crippen LogP contribution in [0.1, 0.15) is 51.6 Å². The lowest BCUT2D eigenvalue weighted by Gasteiger charge is -2.33. The second-order valence-corrected chi connectivity index (χ2v) is 6.60. The number of aromatic nitrogens is 2. The Morgan fingerprint density at radius 3 is 2.79 bits per heavy atom. The van der Waals surface area contributed by atoms with Gasteiger partial charge in [-0.1, -0.05) is 13.8 Å². The van der Waals surface area contributed by atoms with Gasteiger partial charge in [0.2, 0.25) is 0 Å². The summed E-state index contributed by atoms with van der Waals surface area (Å²) in [6, 6.07) is 0. The molecule has 0 aliphatic carbocycles. The minimum Gasteiger partial charge on any atom is -0.367 e. The third-order valence-electron chi connectivity index (χ3n) is 3.50. The van der Waals surface area contributed by atoms with Crippen LogP contribution in [0.5, 0.6) is 0 Å². The Morgan fingerprint density at radius 1 is 1.47 bits per heavy atom. The topological polar surface area (TPSA) is 55.0 Å². The van der Waals surface area contributed by atoms with E-state index in [1.165, 1.54) is 0 Å². The Kier molecular flexibility index (Phi) is 4.46. The fourth-order valence-electron chi connectivity index (χ4n) is 2.40. The van der Waals surface area contributed by atoms with Crippen LogP contribution < -0.4 is 5.56 Å². The molecule has 0 saturated carbocycles. The van der Waals surface area contributed by atoms with E-state index < -0.39 is 5.60 Å². The summed E-state index contributed by atoms with van der Waals surface area (Å²) >= 11 is 3.34. The summed E-state index contributed by atoms with van der Waals surface area (Å²) < 4.78 is 6.40. The fourth-order valence-corrected chi connectivity index (χ4v) is 2.75. The summed E-state index contributed by atoms with van der Waals surface area (Å²) in [5, 5.41) is 0. The highest BCUT2D eigenvalue weighted by molar-refractivity contribution is 9.10. The van der Waals surface area contributed by atoms with E-state index in [4.69, 9.17) is 4.74 Å². The lowest BCUT2D eigenvalue weighted by Crippen LogP contribution is -2.35. The summed E-state index contributed by atoms with van der Waals surface area (Å²) in [7, 11) is 0. The zero-order valence-corrected chi connectivity index (χ0v) is 13.3. The zero-order chi connectivity index (χ0) is 14.0. The van der Waals surface area contributed by atoms with Gasteiger partial charge in [-0.05, 0) is 54.5 Å². The predicted octanol–water partition coefficient (Wildman–Crippen LogP) is 3.15. The summed E-state index contributed by atoms with van der Waals surface area (Å²) in [6.45, 7) is 6.98. The molecule has 1 aromatic heterocycles. The van der Waals surface area contributed by atoms with Crippen LogP contribution in [-0.2, 0) is 16.8 Å². The molecule has 2 heterocycles. The van der Waals surface area contributed by atoms with Crippen LogP contribution in [0, 0.1) is 5.92 Å². The molecule has 1 unspecified atom stereocenters. The van der Waals surface area contributed by atoms with Crippen LogP contribution in [0.3, 0.4) is 0 Å². The maximum Gasteiger partial charge on any atom is 0.265 e. The Bertz CT molecular complexity index is 505. The lowest BCUT2D eigenvalue weighted by molar-refractivity contribution is -0.0763. The molecule has 1 aliphatic heterocycles. The van der Waals surface area contributed by atoms with Gasteiger partial charge in [0.05, 0.1) is 5.69 Å². The molecule has 1 N–H and O–H groups in total. The monoisotopic (exact) mass is 328 g/mol. The minimum atomic E-state index is -0.455. The van der Waals surface area contributed by atoms with Crippen LogP contribution >= 0.6 is 15.9 Å². The van der Waals surface area contributed by atoms with Gasteiger partial charge in [0.25, 0.3) is 5.56 Å². The van der Waals surface area contributed by atoms with E-state index in [2.05, 4.69) is 39.7 Å². The number of rotatable bonds is 3. The molecule has 4 nitrogen and oxygen atoms in total. The minimum absolute atomic E-state index is 0.115. The predicted molar refractivity (Wildman–Crippen MR) is 78.3 cm³/mol. The number of hydrogen-bond donors (Lipinski definition) is 1. The lowest BCUT2D eigenvalue weighted by atomic mass is 9.95. The number of halogens is 1. The number of aromatic amines is 1. The first-order valence-corrected chi connectivity index (χ1v) is 7.65. The van der Waals surface area contributed by atoms with Crippen LogP contribution in [0.2, 0.25) is 0 Å². The Labute approximate surface area is 122 Å². The molecule has 0 radical (unpaired) electrons. The SMILES string of the molecule is CC(C)Cc1nc(C2(C)CCCCO2)[nH]c(=O)c1Br. The van der Waals surface area contributed by atoms with Crippen molar-refractivity contribution in [2.24, 2.45) is 5.92 Å². The van der Waals surface area contributed by atoms with Gasteiger partial charge in [-0.25, -0.2) is 4.98 Å². The molecule has 1 fully saturated rings. The van der Waals surface area contributed by atoms with Crippen LogP contribution in [0.15, 0.2) is 9.27 Å². The third-order valence-corrected chi connectivity index (χ3v) is 4.32. The number of hydrogen-bond acceptors (Lipinski definition) is 3. The van der Waals surface area contributed by atoms with Gasteiger partial charge in [-0.3, -0.25) is 4.79 Å². The molecule has 1 aromatic rings. The van der Waals surface area contributed by atoms with Crippen molar-refractivity contribution in [1.29, 1.82) is 0 Å². The van der Waals surface area contributed by atoms with Gasteiger partial charge >= 0.3 is 0 Å². The molecule has 5 heteroatoms. The molecule has 1 aliphatic rings. The molecular formula is C14H21BrN2O2. The van der Waals surface area contributed by atoms with Crippen molar-refractivity contribution in [3.05, 3.63) is 26.3 Å². The van der Waals surface area contributed by atoms with Gasteiger partial charge in [-0.15, -0.1) is 0 Å². The van der Waals surface area contributed by atoms with Crippen LogP contribution in [0.4, 0.5) is 0 Å². The van der Waals surface area contributed by atoms with E-state index in [0.717, 1.165) is 38.0 Å². The molecule has 0 spiro atoms. The summed E-state index contributed by atoms with van der Waals surface area (Å²) in [6.07, 6.45) is 3.87. The number of nitrogens with zero attached hydrogens (tertiary/aromatic N) is 1. The highest BCUT2D eigenvalue weighted by atomic mass is 79.9. The standard InChI is InChI=1S/C14H21BrN2O2/c1-9(2)8-10-11(15)12(18)17-13(16-10)14(3)6-4-5-7-19-14/h9H,4-8H2,1-3H3,(H,16,17,18). The maximum atomic E-state index is 12.0. The number of nitrogens with one attached hydrogen (secondary N) is 1. The van der Waals surface area contributed by atoms with Crippen molar-refractivity contribution in [2.45, 2.75) is 52.1 Å². The van der Waals surface area contributed by atoms with Gasteiger partial charge in [-0.2, -0.15) is 0 Å². The second-order valence-electron chi connectivity index (χ2n) is 5.81. The molecule has 106 valence electrons. The van der Waals surface area contributed by atoms with E-state index in [0.29, 0.717) is 16.2 Å². The average molecular weight is 329 g/mol. The Hall–Kier alpha value is -0.680. The first kappa shape index (κ1) is 14.7. The largest absolute Gasteiger partial charge is 0.367 e. The van der Waals surface area contributed by atoms with Gasteiger partial charge < -0.3 is 9.72 Å². The van der Waals surface area contributed by atoms with Gasteiger partial charge in [0.15, 0.2) is 0 Å². The molecule has 19 heavy (non-hydrogen) atoms. The van der Waals surface area contributed by atoms with Crippen molar-refractivity contribution in [3.63, 3.8) is 0 Å². The van der Waals surface area contributed by atoms with Crippen molar-refractivity contribution >= 4 is 15.9 Å². The normalized spacial score (nSPS) is 23.8. The highest BCUT2D eigenvalue weighted by Crippen LogP contribution is 2.32. The van der Waals surface area contributed by atoms with E-state index in [-0.39, 0.29) is 5.56 Å². The van der Waals surface area contributed by atoms with Crippen LogP contribution in [-0.4, -0.2) is 16.6 Å². The van der Waals surface area contributed by atoms with Gasteiger partial charge in [0, 0.05) is 6.61 Å². The Balaban J connectivity index is 2.41. The molecule has 1 atom stereocenters. The second kappa shape index (κ2) is 5.75. The third kappa shape index (κ3) is 3.26. The fraction of sp³-hybridized carbons (Fsp3) is 0.714. The highest BCUT2D eigenvalue weighted by Gasteiger charge is 2.33. The van der Waals surface area contributed by atoms with Crippen LogP contribution in [0.25, 0.3) is 0 Å². The summed E-state index contributed by atoms with van der Waals surface area (Å²) in [5.41, 5.74) is 0.254. The maximum absolute atomic E-state index is 12.0. The zero-order valence-electron chi connectivity index (χ0n) is 11.8. The van der Waals surface area contributed by atoms with Crippen molar-refractivity contribution < 1.29 is 4.74 Å². The van der Waals surface area contributed by atoms with Crippen molar-refractivity contribution in [1.82, 2.24) is 9.97 Å². The first-order chi connectivity index (χ1) is 8.92. The summed E-state index contributed by atoms with van der Waals surface area (Å²) in [4.78, 5) is 19.5. The number of ether oxygens (including phenoxy) is 1. The number of H-pyrrole nitrogens is 1. The van der Waals surface area contributed by atoms with E-state index in [9.17, 15) is 4.79 Å². The van der Waals surface area contributed by atoms with E-state index in [1.54, 1.807) is 0 Å². The van der Waals surface area contributed by atoms with Crippen molar-refractivity contribution in [2.75, 3.05) is 6.61 Å². The molecule has 0 bridgehead atoms. The smallest absolute Gasteiger partial charge is 0.265 e. The van der Waals surface area contributed by atoms with Gasteiger partial charge in [0.1, 0.15) is 15.9 Å². The Morgan fingerprint density at radius 2 is 2.21 bits per heavy atom. The van der Waals surface area contributed by atoms with Crippen molar-refractivity contribution in [3.8, 4) is 0 Å². The average Bonchev–Trinajstić information content (AvgIpc) is 2.35. The van der Waals surface area contributed by atoms with E-state index >= 15 is 0 Å². The quantitative estimate of drug-likeness (QED) is 0.927. The summed E-state index contributed by atoms with van der Waals surface area (Å²) in [5.74, 6) is 1.12. The molecule has 2 rings (SSSR count). The van der Waals surface area contributed by atoms with E-state index in [1.807, 2.05) is 6.92 Å². The molecule has 1 saturated heterocycles. The molecule has 0 aromatic carbocycles. The molecular weight excluding hydrogens is 308 g/mol.